The Kier molecular flexibility index (Phi) is 3.48. The molecule has 3 saturated carbocycles. The Hall–Kier alpha value is -1.58. The monoisotopic (exact) mass is 355 g/mol. The summed E-state index contributed by atoms with van der Waals surface area (Å²) in [5.74, 6) is 3.24. The molecule has 4 nitrogen and oxygen atoms in total. The molecule has 1 N–H and O–H groups in total. The highest BCUT2D eigenvalue weighted by molar-refractivity contribution is 5.96. The van der Waals surface area contributed by atoms with E-state index in [0.717, 1.165) is 49.7 Å². The van der Waals surface area contributed by atoms with Crippen LogP contribution in [-0.4, -0.2) is 22.5 Å². The van der Waals surface area contributed by atoms with Gasteiger partial charge in [-0.1, -0.05) is 24.6 Å². The van der Waals surface area contributed by atoms with Crippen LogP contribution in [0.4, 0.5) is 0 Å². The summed E-state index contributed by atoms with van der Waals surface area (Å²) >= 11 is 0. The van der Waals surface area contributed by atoms with E-state index in [1.54, 1.807) is 6.08 Å². The van der Waals surface area contributed by atoms with Crippen molar-refractivity contribution >= 4 is 11.7 Å². The van der Waals surface area contributed by atoms with E-state index in [9.17, 15) is 10.0 Å². The average Bonchev–Trinajstić information content (AvgIpc) is 3.15. The Morgan fingerprint density at radius 2 is 2.12 bits per heavy atom. The molecule has 5 rings (SSSR count). The molecule has 0 aromatic rings. The van der Waals surface area contributed by atoms with Crippen molar-refractivity contribution < 1.29 is 14.7 Å². The first-order valence-electron chi connectivity index (χ1n) is 10.3. The fourth-order valence-electron chi connectivity index (χ4n) is 7.61. The minimum Gasteiger partial charge on any atom is -0.451 e. The molecule has 3 unspecified atom stereocenters. The number of esters is 1. The molecule has 0 aromatic carbocycles. The van der Waals surface area contributed by atoms with E-state index in [2.05, 4.69) is 31.2 Å². The van der Waals surface area contributed by atoms with Gasteiger partial charge >= 0.3 is 5.97 Å². The van der Waals surface area contributed by atoms with Gasteiger partial charge in [0.05, 0.1) is 5.71 Å². The third-order valence-electron chi connectivity index (χ3n) is 8.74. The molecule has 0 aromatic heterocycles. The van der Waals surface area contributed by atoms with Crippen LogP contribution in [0.5, 0.6) is 0 Å². The number of rotatable bonds is 0. The highest BCUT2D eigenvalue weighted by Gasteiger charge is 2.65. The lowest BCUT2D eigenvalue weighted by molar-refractivity contribution is -0.162. The maximum atomic E-state index is 11.9. The van der Waals surface area contributed by atoms with Crippen LogP contribution < -0.4 is 0 Å². The van der Waals surface area contributed by atoms with Gasteiger partial charge in [-0.3, -0.25) is 0 Å². The molecular weight excluding hydrogens is 326 g/mol. The number of allylic oxidation sites excluding steroid dienone is 2. The highest BCUT2D eigenvalue weighted by atomic mass is 16.6. The molecule has 26 heavy (non-hydrogen) atoms. The summed E-state index contributed by atoms with van der Waals surface area (Å²) in [6, 6.07) is 0. The Morgan fingerprint density at radius 3 is 2.85 bits per heavy atom. The second kappa shape index (κ2) is 5.46. The third kappa shape index (κ3) is 2.02. The first kappa shape index (κ1) is 16.6. The van der Waals surface area contributed by atoms with Gasteiger partial charge in [-0.15, -0.1) is 0 Å². The molecule has 0 saturated heterocycles. The fraction of sp³-hybridized carbons (Fsp3) is 0.727. The number of hydrogen-bond acceptors (Lipinski definition) is 4. The van der Waals surface area contributed by atoms with Gasteiger partial charge < -0.3 is 9.94 Å². The van der Waals surface area contributed by atoms with Crippen molar-refractivity contribution in [3.8, 4) is 0 Å². The van der Waals surface area contributed by atoms with Crippen LogP contribution in [0.3, 0.4) is 0 Å². The van der Waals surface area contributed by atoms with Gasteiger partial charge in [-0.2, -0.15) is 0 Å². The van der Waals surface area contributed by atoms with Crippen molar-refractivity contribution in [1.82, 2.24) is 0 Å². The first-order chi connectivity index (χ1) is 12.5. The normalized spacial score (nSPS) is 51.0. The van der Waals surface area contributed by atoms with Crippen LogP contribution in [0.1, 0.15) is 58.8 Å². The van der Waals surface area contributed by atoms with Crippen molar-refractivity contribution in [2.24, 2.45) is 40.2 Å². The van der Waals surface area contributed by atoms with E-state index < -0.39 is 0 Å². The molecule has 1 aliphatic heterocycles. The lowest BCUT2D eigenvalue weighted by atomic mass is 9.48. The SMILES string of the molecule is C[C@H]1CC2=C/C(=N/O)CC[C@@H]2C2CC[C@@]3(C)C(CC[C@@]34C=CC(=O)O4)C21. The Morgan fingerprint density at radius 1 is 1.27 bits per heavy atom. The second-order valence-corrected chi connectivity index (χ2v) is 9.62. The lowest BCUT2D eigenvalue weighted by Gasteiger charge is -2.57. The topological polar surface area (TPSA) is 58.9 Å². The zero-order valence-corrected chi connectivity index (χ0v) is 15.8. The van der Waals surface area contributed by atoms with Crippen LogP contribution in [0.2, 0.25) is 0 Å². The van der Waals surface area contributed by atoms with E-state index in [1.165, 1.54) is 18.4 Å². The second-order valence-electron chi connectivity index (χ2n) is 9.62. The molecule has 4 heteroatoms. The van der Waals surface area contributed by atoms with E-state index in [0.29, 0.717) is 17.8 Å². The van der Waals surface area contributed by atoms with Crippen molar-refractivity contribution in [1.29, 1.82) is 0 Å². The number of carbonyl (C=O) groups is 1. The van der Waals surface area contributed by atoms with Crippen molar-refractivity contribution in [2.45, 2.75) is 64.4 Å². The number of carbonyl (C=O) groups excluding carboxylic acids is 1. The zero-order valence-electron chi connectivity index (χ0n) is 15.8. The summed E-state index contributed by atoms with van der Waals surface area (Å²) in [5, 5.41) is 12.6. The molecule has 140 valence electrons. The van der Waals surface area contributed by atoms with Crippen molar-refractivity contribution in [2.75, 3.05) is 0 Å². The summed E-state index contributed by atoms with van der Waals surface area (Å²) < 4.78 is 5.93. The largest absolute Gasteiger partial charge is 0.451 e. The Labute approximate surface area is 155 Å². The number of hydrogen-bond donors (Lipinski definition) is 1. The van der Waals surface area contributed by atoms with Crippen molar-refractivity contribution in [3.05, 3.63) is 23.8 Å². The number of nitrogens with zero attached hydrogens (tertiary/aromatic N) is 1. The lowest BCUT2D eigenvalue weighted by Crippen LogP contribution is -2.54. The summed E-state index contributed by atoms with van der Waals surface area (Å²) in [6.45, 7) is 4.80. The molecule has 0 bridgehead atoms. The number of oxime groups is 1. The van der Waals surface area contributed by atoms with Gasteiger partial charge in [0.25, 0.3) is 0 Å². The van der Waals surface area contributed by atoms with Crippen molar-refractivity contribution in [3.63, 3.8) is 0 Å². The molecule has 5 aliphatic rings. The molecule has 1 spiro atoms. The molecule has 0 radical (unpaired) electrons. The van der Waals surface area contributed by atoms with Gasteiger partial charge in [-0.05, 0) is 86.7 Å². The van der Waals surface area contributed by atoms with E-state index in [4.69, 9.17) is 4.74 Å². The number of fused-ring (bicyclic) bond motifs is 6. The summed E-state index contributed by atoms with van der Waals surface area (Å²) in [4.78, 5) is 11.9. The molecular formula is C22H29NO3. The summed E-state index contributed by atoms with van der Waals surface area (Å²) in [5.41, 5.74) is 2.10. The van der Waals surface area contributed by atoms with Gasteiger partial charge in [0.1, 0.15) is 5.60 Å². The fourth-order valence-corrected chi connectivity index (χ4v) is 7.61. The van der Waals surface area contributed by atoms with Crippen LogP contribution in [0.15, 0.2) is 29.0 Å². The Bertz CT molecular complexity index is 738. The van der Waals surface area contributed by atoms with Gasteiger partial charge in [0.15, 0.2) is 0 Å². The molecule has 4 aliphatic carbocycles. The third-order valence-corrected chi connectivity index (χ3v) is 8.74. The number of ether oxygens (including phenoxy) is 1. The van der Waals surface area contributed by atoms with Gasteiger partial charge in [0.2, 0.25) is 0 Å². The van der Waals surface area contributed by atoms with Crippen LogP contribution in [-0.2, 0) is 9.53 Å². The van der Waals surface area contributed by atoms with E-state index in [1.807, 2.05) is 0 Å². The average molecular weight is 355 g/mol. The maximum absolute atomic E-state index is 11.9. The summed E-state index contributed by atoms with van der Waals surface area (Å²) in [6.07, 6.45) is 13.6. The predicted molar refractivity (Wildman–Crippen MR) is 98.8 cm³/mol. The van der Waals surface area contributed by atoms with E-state index in [-0.39, 0.29) is 17.0 Å². The van der Waals surface area contributed by atoms with Crippen LogP contribution in [0.25, 0.3) is 0 Å². The molecule has 3 fully saturated rings. The van der Waals surface area contributed by atoms with Crippen LogP contribution >= 0.6 is 0 Å². The summed E-state index contributed by atoms with van der Waals surface area (Å²) in [7, 11) is 0. The minimum absolute atomic E-state index is 0.0820. The maximum Gasteiger partial charge on any atom is 0.331 e. The van der Waals surface area contributed by atoms with Crippen LogP contribution in [0, 0.1) is 35.0 Å². The van der Waals surface area contributed by atoms with Gasteiger partial charge in [0, 0.05) is 11.5 Å². The van der Waals surface area contributed by atoms with E-state index >= 15 is 0 Å². The predicted octanol–water partition coefficient (Wildman–Crippen LogP) is 4.49. The first-order valence-corrected chi connectivity index (χ1v) is 10.3. The quantitative estimate of drug-likeness (QED) is 0.396. The molecule has 0 amide bonds. The minimum atomic E-state index is -0.348. The zero-order chi connectivity index (χ0) is 18.1. The molecule has 1 heterocycles. The standard InChI is InChI=1S/C22H29NO3/c1-13-11-14-12-15(23-25)3-4-16(14)17-5-8-21(2)18(20(13)17)6-9-22(21)10-7-19(24)26-22/h7,10,12-13,16-18,20,25H,3-6,8-9,11H2,1-2H3/b23-15+/t13-,16-,17?,18?,20?,21-,22+/m0/s1. The molecule has 7 atom stereocenters. The Balaban J connectivity index is 1.49. The van der Waals surface area contributed by atoms with Gasteiger partial charge in [-0.25, -0.2) is 4.79 Å². The smallest absolute Gasteiger partial charge is 0.331 e. The highest BCUT2D eigenvalue weighted by Crippen LogP contribution is 2.67.